The van der Waals surface area contributed by atoms with Crippen molar-refractivity contribution in [1.82, 2.24) is 0 Å². The second-order valence-corrected chi connectivity index (χ2v) is 4.55. The van der Waals surface area contributed by atoms with Crippen LogP contribution in [0.4, 0.5) is 0 Å². The molecule has 0 spiro atoms. The number of furan rings is 1. The lowest BCUT2D eigenvalue weighted by atomic mass is 10.1. The van der Waals surface area contributed by atoms with Gasteiger partial charge in [0.05, 0.1) is 5.38 Å². The van der Waals surface area contributed by atoms with E-state index < -0.39 is 0 Å². The molecule has 1 aromatic carbocycles. The van der Waals surface area contributed by atoms with E-state index in [1.807, 2.05) is 43.3 Å². The maximum Gasteiger partial charge on any atom is 0.169 e. The minimum Gasteiger partial charge on any atom is -0.454 e. The SMILES string of the molecule is Cc1oc(Br)cc1C(Cl)c1ccccc1. The molecule has 1 heterocycles. The van der Waals surface area contributed by atoms with E-state index in [9.17, 15) is 0 Å². The van der Waals surface area contributed by atoms with Gasteiger partial charge in [0.2, 0.25) is 0 Å². The fraction of sp³-hybridized carbons (Fsp3) is 0.167. The van der Waals surface area contributed by atoms with Crippen LogP contribution in [0.25, 0.3) is 0 Å². The molecular formula is C12H10BrClO. The number of halogens is 2. The lowest BCUT2D eigenvalue weighted by Crippen LogP contribution is -1.92. The Morgan fingerprint density at radius 1 is 1.27 bits per heavy atom. The molecule has 1 aromatic heterocycles. The van der Waals surface area contributed by atoms with E-state index in [1.54, 1.807) is 0 Å². The number of hydrogen-bond donors (Lipinski definition) is 0. The lowest BCUT2D eigenvalue weighted by Gasteiger charge is -2.07. The molecule has 15 heavy (non-hydrogen) atoms. The maximum absolute atomic E-state index is 6.37. The molecule has 1 unspecified atom stereocenters. The van der Waals surface area contributed by atoms with E-state index in [2.05, 4.69) is 15.9 Å². The Kier molecular flexibility index (Phi) is 3.17. The Bertz CT molecular complexity index is 450. The van der Waals surface area contributed by atoms with Crippen LogP contribution < -0.4 is 0 Å². The van der Waals surface area contributed by atoms with E-state index >= 15 is 0 Å². The van der Waals surface area contributed by atoms with Gasteiger partial charge in [0.25, 0.3) is 0 Å². The average Bonchev–Trinajstić information content (AvgIpc) is 2.58. The summed E-state index contributed by atoms with van der Waals surface area (Å²) in [5, 5.41) is -0.152. The van der Waals surface area contributed by atoms with Crippen LogP contribution in [0.5, 0.6) is 0 Å². The van der Waals surface area contributed by atoms with Gasteiger partial charge in [-0.25, -0.2) is 0 Å². The van der Waals surface area contributed by atoms with Gasteiger partial charge in [0.15, 0.2) is 4.67 Å². The highest BCUT2D eigenvalue weighted by Gasteiger charge is 2.16. The van der Waals surface area contributed by atoms with E-state index in [-0.39, 0.29) is 5.38 Å². The summed E-state index contributed by atoms with van der Waals surface area (Å²) in [6.07, 6.45) is 0. The average molecular weight is 286 g/mol. The van der Waals surface area contributed by atoms with Gasteiger partial charge < -0.3 is 4.42 Å². The van der Waals surface area contributed by atoms with Crippen molar-refractivity contribution in [2.75, 3.05) is 0 Å². The van der Waals surface area contributed by atoms with Crippen LogP contribution in [0.15, 0.2) is 45.5 Å². The summed E-state index contributed by atoms with van der Waals surface area (Å²) < 4.78 is 6.11. The van der Waals surface area contributed by atoms with Gasteiger partial charge in [0, 0.05) is 5.56 Å². The van der Waals surface area contributed by atoms with Gasteiger partial charge >= 0.3 is 0 Å². The number of alkyl halides is 1. The van der Waals surface area contributed by atoms with Crippen molar-refractivity contribution in [2.45, 2.75) is 12.3 Å². The van der Waals surface area contributed by atoms with Crippen molar-refractivity contribution in [1.29, 1.82) is 0 Å². The van der Waals surface area contributed by atoms with Crippen molar-refractivity contribution < 1.29 is 4.42 Å². The zero-order valence-corrected chi connectivity index (χ0v) is 10.5. The van der Waals surface area contributed by atoms with Crippen LogP contribution >= 0.6 is 27.5 Å². The quantitative estimate of drug-likeness (QED) is 0.730. The van der Waals surface area contributed by atoms with Gasteiger partial charge in [-0.1, -0.05) is 30.3 Å². The summed E-state index contributed by atoms with van der Waals surface area (Å²) in [5.74, 6) is 0.853. The van der Waals surface area contributed by atoms with Crippen molar-refractivity contribution in [3.63, 3.8) is 0 Å². The molecule has 0 aliphatic heterocycles. The summed E-state index contributed by atoms with van der Waals surface area (Å²) in [6, 6.07) is 11.9. The van der Waals surface area contributed by atoms with Crippen LogP contribution in [-0.4, -0.2) is 0 Å². The minimum absolute atomic E-state index is 0.152. The highest BCUT2D eigenvalue weighted by molar-refractivity contribution is 9.10. The molecule has 0 saturated heterocycles. The standard InChI is InChI=1S/C12H10BrClO/c1-8-10(7-11(13)15-8)12(14)9-5-3-2-4-6-9/h2-7,12H,1H3. The highest BCUT2D eigenvalue weighted by atomic mass is 79.9. The predicted octanol–water partition coefficient (Wildman–Crippen LogP) is 4.68. The van der Waals surface area contributed by atoms with Crippen LogP contribution in [0.3, 0.4) is 0 Å². The monoisotopic (exact) mass is 284 g/mol. The number of aryl methyl sites for hydroxylation is 1. The second kappa shape index (κ2) is 4.42. The molecule has 0 N–H and O–H groups in total. The Morgan fingerprint density at radius 3 is 2.47 bits per heavy atom. The van der Waals surface area contributed by atoms with Crippen molar-refractivity contribution >= 4 is 27.5 Å². The third-order valence-corrected chi connectivity index (χ3v) is 3.17. The van der Waals surface area contributed by atoms with Crippen molar-refractivity contribution in [3.05, 3.63) is 58.0 Å². The summed E-state index contributed by atoms with van der Waals surface area (Å²) in [6.45, 7) is 1.92. The molecule has 2 rings (SSSR count). The summed E-state index contributed by atoms with van der Waals surface area (Å²) in [7, 11) is 0. The summed E-state index contributed by atoms with van der Waals surface area (Å²) in [4.78, 5) is 0. The zero-order chi connectivity index (χ0) is 10.8. The second-order valence-electron chi connectivity index (χ2n) is 3.34. The predicted molar refractivity (Wildman–Crippen MR) is 65.3 cm³/mol. The molecule has 0 amide bonds. The fourth-order valence-electron chi connectivity index (χ4n) is 1.51. The number of rotatable bonds is 2. The van der Waals surface area contributed by atoms with E-state index in [1.165, 1.54) is 0 Å². The molecule has 1 nitrogen and oxygen atoms in total. The first kappa shape index (κ1) is 10.8. The molecule has 0 aliphatic carbocycles. The minimum atomic E-state index is -0.152. The topological polar surface area (TPSA) is 13.1 Å². The normalized spacial score (nSPS) is 12.7. The molecule has 0 bridgehead atoms. The largest absolute Gasteiger partial charge is 0.454 e. The smallest absolute Gasteiger partial charge is 0.169 e. The zero-order valence-electron chi connectivity index (χ0n) is 8.21. The highest BCUT2D eigenvalue weighted by Crippen LogP contribution is 2.33. The number of benzene rings is 1. The van der Waals surface area contributed by atoms with E-state index in [0.717, 1.165) is 21.6 Å². The Morgan fingerprint density at radius 2 is 1.93 bits per heavy atom. The molecule has 0 radical (unpaired) electrons. The molecule has 1 atom stereocenters. The Balaban J connectivity index is 2.36. The van der Waals surface area contributed by atoms with Crippen LogP contribution in [0, 0.1) is 6.92 Å². The molecule has 0 aliphatic rings. The van der Waals surface area contributed by atoms with Gasteiger partial charge in [-0.05, 0) is 34.5 Å². The first-order valence-corrected chi connectivity index (χ1v) is 5.86. The van der Waals surface area contributed by atoms with Gasteiger partial charge in [-0.3, -0.25) is 0 Å². The van der Waals surface area contributed by atoms with Crippen LogP contribution in [0.2, 0.25) is 0 Å². The third kappa shape index (κ3) is 2.27. The van der Waals surface area contributed by atoms with E-state index in [0.29, 0.717) is 0 Å². The van der Waals surface area contributed by atoms with E-state index in [4.69, 9.17) is 16.0 Å². The molecule has 3 heteroatoms. The molecule has 2 aromatic rings. The van der Waals surface area contributed by atoms with Crippen molar-refractivity contribution in [3.8, 4) is 0 Å². The Labute approximate surface area is 102 Å². The van der Waals surface area contributed by atoms with Gasteiger partial charge in [-0.15, -0.1) is 11.6 Å². The fourth-order valence-corrected chi connectivity index (χ4v) is 2.36. The molecular weight excluding hydrogens is 275 g/mol. The maximum atomic E-state index is 6.37. The first-order valence-electron chi connectivity index (χ1n) is 4.63. The Hall–Kier alpha value is -0.730. The summed E-state index contributed by atoms with van der Waals surface area (Å²) in [5.41, 5.74) is 2.09. The lowest BCUT2D eigenvalue weighted by molar-refractivity contribution is 0.507. The van der Waals surface area contributed by atoms with Gasteiger partial charge in [0.1, 0.15) is 5.76 Å². The number of hydrogen-bond acceptors (Lipinski definition) is 1. The van der Waals surface area contributed by atoms with Crippen LogP contribution in [-0.2, 0) is 0 Å². The molecule has 78 valence electrons. The molecule has 0 saturated carbocycles. The van der Waals surface area contributed by atoms with Gasteiger partial charge in [-0.2, -0.15) is 0 Å². The first-order chi connectivity index (χ1) is 7.18. The van der Waals surface area contributed by atoms with Crippen molar-refractivity contribution in [2.24, 2.45) is 0 Å². The van der Waals surface area contributed by atoms with Crippen LogP contribution in [0.1, 0.15) is 22.3 Å². The summed E-state index contributed by atoms with van der Waals surface area (Å²) >= 11 is 9.67. The third-order valence-electron chi connectivity index (χ3n) is 2.29. The molecule has 0 fully saturated rings.